The molecule has 0 saturated heterocycles. The van der Waals surface area contributed by atoms with Crippen molar-refractivity contribution in [1.29, 1.82) is 0 Å². The molecule has 2 N–H and O–H groups in total. The Bertz CT molecular complexity index is 443. The average molecular weight is 188 g/mol. The van der Waals surface area contributed by atoms with Gasteiger partial charge < -0.3 is 10.3 Å². The summed E-state index contributed by atoms with van der Waals surface area (Å²) in [4.78, 5) is 3.45. The molecule has 14 heavy (non-hydrogen) atoms. The van der Waals surface area contributed by atoms with Crippen molar-refractivity contribution >= 4 is 10.9 Å². The summed E-state index contributed by atoms with van der Waals surface area (Å²) in [6.45, 7) is 4.28. The summed E-state index contributed by atoms with van der Waals surface area (Å²) < 4.78 is 0. The monoisotopic (exact) mass is 188 g/mol. The Hall–Kier alpha value is -1.28. The summed E-state index contributed by atoms with van der Waals surface area (Å²) in [5, 5.41) is 4.52. The zero-order valence-corrected chi connectivity index (χ0v) is 8.89. The maximum atomic E-state index is 3.45. The highest BCUT2D eigenvalue weighted by molar-refractivity contribution is 5.83. The lowest BCUT2D eigenvalue weighted by Gasteiger charge is -2.06. The number of aryl methyl sites for hydroxylation is 1. The molecular weight excluding hydrogens is 172 g/mol. The van der Waals surface area contributed by atoms with E-state index < -0.39 is 0 Å². The highest BCUT2D eigenvalue weighted by Gasteiger charge is 2.07. The van der Waals surface area contributed by atoms with Crippen molar-refractivity contribution in [3.05, 3.63) is 35.5 Å². The second-order valence-electron chi connectivity index (χ2n) is 3.77. The van der Waals surface area contributed by atoms with E-state index in [1.54, 1.807) is 0 Å². The van der Waals surface area contributed by atoms with Crippen molar-refractivity contribution in [2.75, 3.05) is 7.05 Å². The maximum Gasteiger partial charge on any atom is 0.0486 e. The summed E-state index contributed by atoms with van der Waals surface area (Å²) in [6.07, 6.45) is 0. The Labute approximate surface area is 84.3 Å². The topological polar surface area (TPSA) is 27.8 Å². The molecule has 2 heteroatoms. The molecule has 0 spiro atoms. The number of para-hydroxylation sites is 1. The number of H-pyrrole nitrogens is 1. The minimum absolute atomic E-state index is 0.377. The summed E-state index contributed by atoms with van der Waals surface area (Å²) in [5.41, 5.74) is 3.80. The molecule has 2 nitrogen and oxygen atoms in total. The van der Waals surface area contributed by atoms with Crippen molar-refractivity contribution in [2.45, 2.75) is 19.9 Å². The predicted molar refractivity (Wildman–Crippen MR) is 60.5 cm³/mol. The summed E-state index contributed by atoms with van der Waals surface area (Å²) >= 11 is 0. The quantitative estimate of drug-likeness (QED) is 0.745. The van der Waals surface area contributed by atoms with Crippen LogP contribution in [0, 0.1) is 6.92 Å². The lowest BCUT2D eigenvalue weighted by molar-refractivity contribution is 0.638. The molecule has 0 aliphatic heterocycles. The molecule has 0 fully saturated rings. The lowest BCUT2D eigenvalue weighted by atomic mass is 10.1. The maximum absolute atomic E-state index is 3.45. The van der Waals surface area contributed by atoms with Crippen LogP contribution in [0.15, 0.2) is 24.3 Å². The Morgan fingerprint density at radius 3 is 2.79 bits per heavy atom. The molecule has 1 aromatic carbocycles. The number of fused-ring (bicyclic) bond motifs is 1. The van der Waals surface area contributed by atoms with Gasteiger partial charge in [0.25, 0.3) is 0 Å². The van der Waals surface area contributed by atoms with Gasteiger partial charge in [-0.05, 0) is 37.9 Å². The van der Waals surface area contributed by atoms with E-state index in [2.05, 4.69) is 48.4 Å². The molecule has 2 rings (SSSR count). The van der Waals surface area contributed by atoms with Crippen molar-refractivity contribution in [3.63, 3.8) is 0 Å². The smallest absolute Gasteiger partial charge is 0.0486 e. The lowest BCUT2D eigenvalue weighted by Crippen LogP contribution is -2.12. The Balaban J connectivity index is 2.56. The number of aromatic amines is 1. The first kappa shape index (κ1) is 9.28. The molecule has 0 aliphatic rings. The van der Waals surface area contributed by atoms with Gasteiger partial charge >= 0.3 is 0 Å². The molecule has 74 valence electrons. The highest BCUT2D eigenvalue weighted by atomic mass is 14.9. The fourth-order valence-electron chi connectivity index (χ4n) is 1.72. The van der Waals surface area contributed by atoms with Gasteiger partial charge in [0.15, 0.2) is 0 Å². The van der Waals surface area contributed by atoms with E-state index in [0.717, 1.165) is 0 Å². The van der Waals surface area contributed by atoms with Crippen LogP contribution in [0.2, 0.25) is 0 Å². The second kappa shape index (κ2) is 3.46. The highest BCUT2D eigenvalue weighted by Crippen LogP contribution is 2.21. The molecule has 1 heterocycles. The third-order valence-electron chi connectivity index (χ3n) is 2.78. The minimum Gasteiger partial charge on any atom is -0.357 e. The molecule has 0 bridgehead atoms. The van der Waals surface area contributed by atoms with E-state index in [-0.39, 0.29) is 0 Å². The molecule has 1 aromatic heterocycles. The molecule has 2 aromatic rings. The van der Waals surface area contributed by atoms with E-state index in [0.29, 0.717) is 6.04 Å². The van der Waals surface area contributed by atoms with Crippen LogP contribution >= 0.6 is 0 Å². The van der Waals surface area contributed by atoms with Gasteiger partial charge in [0.05, 0.1) is 0 Å². The number of benzene rings is 1. The molecule has 0 aliphatic carbocycles. The van der Waals surface area contributed by atoms with Crippen LogP contribution < -0.4 is 5.32 Å². The van der Waals surface area contributed by atoms with Crippen molar-refractivity contribution < 1.29 is 0 Å². The van der Waals surface area contributed by atoms with Gasteiger partial charge in [0.2, 0.25) is 0 Å². The van der Waals surface area contributed by atoms with Gasteiger partial charge in [-0.3, -0.25) is 0 Å². The zero-order chi connectivity index (χ0) is 10.1. The number of nitrogens with one attached hydrogen (secondary N) is 2. The second-order valence-corrected chi connectivity index (χ2v) is 3.77. The van der Waals surface area contributed by atoms with Gasteiger partial charge in [-0.1, -0.05) is 18.2 Å². The standard InChI is InChI=1S/C12H16N2/c1-8-5-4-6-10-7-11(9(2)13-3)14-12(8)10/h4-7,9,13-14H,1-3H3/t9-/m1/s1. The molecule has 0 unspecified atom stereocenters. The average Bonchev–Trinajstić information content (AvgIpc) is 2.62. The minimum atomic E-state index is 0.377. The Morgan fingerprint density at radius 1 is 1.36 bits per heavy atom. The molecule has 0 saturated carbocycles. The van der Waals surface area contributed by atoms with Gasteiger partial charge in [0.1, 0.15) is 0 Å². The Morgan fingerprint density at radius 2 is 2.14 bits per heavy atom. The van der Waals surface area contributed by atoms with Crippen LogP contribution in [0.4, 0.5) is 0 Å². The van der Waals surface area contributed by atoms with Crippen LogP contribution in [0.3, 0.4) is 0 Å². The van der Waals surface area contributed by atoms with E-state index in [1.807, 2.05) is 7.05 Å². The van der Waals surface area contributed by atoms with E-state index in [1.165, 1.54) is 22.2 Å². The van der Waals surface area contributed by atoms with E-state index in [4.69, 9.17) is 0 Å². The number of hydrogen-bond donors (Lipinski definition) is 2. The first-order chi connectivity index (χ1) is 6.72. The first-order valence-corrected chi connectivity index (χ1v) is 4.98. The van der Waals surface area contributed by atoms with Gasteiger partial charge in [-0.2, -0.15) is 0 Å². The summed E-state index contributed by atoms with van der Waals surface area (Å²) in [6, 6.07) is 8.96. The van der Waals surface area contributed by atoms with E-state index in [9.17, 15) is 0 Å². The van der Waals surface area contributed by atoms with Crippen molar-refractivity contribution in [1.82, 2.24) is 10.3 Å². The predicted octanol–water partition coefficient (Wildman–Crippen LogP) is 2.76. The fourth-order valence-corrected chi connectivity index (χ4v) is 1.72. The van der Waals surface area contributed by atoms with Crippen LogP contribution in [-0.4, -0.2) is 12.0 Å². The molecule has 0 radical (unpaired) electrons. The molecule has 0 amide bonds. The SMILES string of the molecule is CN[C@H](C)c1cc2cccc(C)c2[nH]1. The fraction of sp³-hybridized carbons (Fsp3) is 0.333. The number of aromatic nitrogens is 1. The largest absolute Gasteiger partial charge is 0.357 e. The number of rotatable bonds is 2. The van der Waals surface area contributed by atoms with Crippen LogP contribution in [0.25, 0.3) is 10.9 Å². The molecule has 1 atom stereocenters. The van der Waals surface area contributed by atoms with Gasteiger partial charge in [-0.15, -0.1) is 0 Å². The van der Waals surface area contributed by atoms with Crippen molar-refractivity contribution in [2.24, 2.45) is 0 Å². The summed E-state index contributed by atoms with van der Waals surface area (Å²) in [7, 11) is 1.98. The summed E-state index contributed by atoms with van der Waals surface area (Å²) in [5.74, 6) is 0. The van der Waals surface area contributed by atoms with Gasteiger partial charge in [-0.25, -0.2) is 0 Å². The molecular formula is C12H16N2. The third kappa shape index (κ3) is 1.42. The Kier molecular flexibility index (Phi) is 2.30. The van der Waals surface area contributed by atoms with E-state index >= 15 is 0 Å². The van der Waals surface area contributed by atoms with Crippen LogP contribution in [0.5, 0.6) is 0 Å². The zero-order valence-electron chi connectivity index (χ0n) is 8.89. The van der Waals surface area contributed by atoms with Crippen LogP contribution in [0.1, 0.15) is 24.2 Å². The number of hydrogen-bond acceptors (Lipinski definition) is 1. The normalized spacial score (nSPS) is 13.4. The van der Waals surface area contributed by atoms with Crippen molar-refractivity contribution in [3.8, 4) is 0 Å². The van der Waals surface area contributed by atoms with Gasteiger partial charge in [0, 0.05) is 17.3 Å². The van der Waals surface area contributed by atoms with Crippen LogP contribution in [-0.2, 0) is 0 Å². The third-order valence-corrected chi connectivity index (χ3v) is 2.78. The first-order valence-electron chi connectivity index (χ1n) is 4.98.